The van der Waals surface area contributed by atoms with Crippen molar-refractivity contribution in [1.29, 1.82) is 0 Å². The third-order valence-corrected chi connectivity index (χ3v) is 1.47. The third-order valence-electron chi connectivity index (χ3n) is 1.47. The molecule has 0 aliphatic heterocycles. The van der Waals surface area contributed by atoms with E-state index in [0.29, 0.717) is 5.82 Å². The summed E-state index contributed by atoms with van der Waals surface area (Å²) in [7, 11) is 0. The van der Waals surface area contributed by atoms with Crippen molar-refractivity contribution >= 4 is 11.9 Å². The van der Waals surface area contributed by atoms with Gasteiger partial charge in [-0.15, -0.1) is 0 Å². The second-order valence-corrected chi connectivity index (χ2v) is 2.57. The Morgan fingerprint density at radius 1 is 1.08 bits per heavy atom. The zero-order chi connectivity index (χ0) is 8.97. The van der Waals surface area contributed by atoms with Crippen LogP contribution >= 0.6 is 0 Å². The summed E-state index contributed by atoms with van der Waals surface area (Å²) >= 11 is 0. The van der Waals surface area contributed by atoms with E-state index in [2.05, 4.69) is 21.9 Å². The molecule has 4 N–H and O–H groups in total. The van der Waals surface area contributed by atoms with E-state index in [1.54, 1.807) is 0 Å². The van der Waals surface area contributed by atoms with E-state index in [1.807, 2.05) is 0 Å². The Bertz CT molecular complexity index is 240. The first-order valence-electron chi connectivity index (χ1n) is 3.98. The predicted molar refractivity (Wildman–Crippen MR) is 47.3 cm³/mol. The van der Waals surface area contributed by atoms with Crippen LogP contribution in [-0.4, -0.2) is 15.0 Å². The summed E-state index contributed by atoms with van der Waals surface area (Å²) in [5.74, 6) is 1.09. The number of hydrogen-bond donors (Lipinski definition) is 2. The van der Waals surface area contributed by atoms with E-state index in [9.17, 15) is 0 Å². The maximum atomic E-state index is 5.39. The molecule has 0 amide bonds. The Morgan fingerprint density at radius 3 is 2.17 bits per heavy atom. The lowest BCUT2D eigenvalue weighted by molar-refractivity contribution is 0.749. The quantitative estimate of drug-likeness (QED) is 0.679. The van der Waals surface area contributed by atoms with Gasteiger partial charge in [-0.25, -0.2) is 0 Å². The third kappa shape index (κ3) is 2.34. The molecule has 0 spiro atoms. The van der Waals surface area contributed by atoms with E-state index >= 15 is 0 Å². The average molecular weight is 167 g/mol. The van der Waals surface area contributed by atoms with Crippen LogP contribution in [0.25, 0.3) is 0 Å². The molecule has 0 bridgehead atoms. The number of nitrogens with zero attached hydrogens (tertiary/aromatic N) is 3. The molecule has 66 valence electrons. The molecule has 0 saturated carbocycles. The highest BCUT2D eigenvalue weighted by atomic mass is 15.1. The zero-order valence-corrected chi connectivity index (χ0v) is 7.12. The molecule has 0 aliphatic rings. The van der Waals surface area contributed by atoms with Crippen LogP contribution < -0.4 is 11.5 Å². The average Bonchev–Trinajstić information content (AvgIpc) is 1.99. The SMILES string of the molecule is CCCCc1nc(N)nc(N)n1. The first-order chi connectivity index (χ1) is 5.72. The number of hydrogen-bond acceptors (Lipinski definition) is 5. The molecule has 1 aromatic heterocycles. The molecule has 0 aromatic carbocycles. The van der Waals surface area contributed by atoms with Gasteiger partial charge >= 0.3 is 0 Å². The Morgan fingerprint density at radius 2 is 1.67 bits per heavy atom. The fourth-order valence-corrected chi connectivity index (χ4v) is 0.904. The first-order valence-corrected chi connectivity index (χ1v) is 3.98. The summed E-state index contributed by atoms with van der Waals surface area (Å²) < 4.78 is 0. The lowest BCUT2D eigenvalue weighted by atomic mass is 10.2. The van der Waals surface area contributed by atoms with Crippen molar-refractivity contribution in [2.45, 2.75) is 26.2 Å². The number of aromatic nitrogens is 3. The van der Waals surface area contributed by atoms with Gasteiger partial charge < -0.3 is 11.5 Å². The standard InChI is InChI=1S/C7H13N5/c1-2-3-4-5-10-6(8)12-7(9)11-5/h2-4H2,1H3,(H4,8,9,10,11,12). The van der Waals surface area contributed by atoms with Crippen LogP contribution in [0.5, 0.6) is 0 Å². The minimum Gasteiger partial charge on any atom is -0.368 e. The molecule has 0 aliphatic carbocycles. The Labute approximate surface area is 71.2 Å². The zero-order valence-electron chi connectivity index (χ0n) is 7.12. The summed E-state index contributed by atoms with van der Waals surface area (Å²) in [6.07, 6.45) is 2.96. The number of aryl methyl sites for hydroxylation is 1. The maximum absolute atomic E-state index is 5.39. The number of nitrogen functional groups attached to an aromatic ring is 2. The molecular weight excluding hydrogens is 154 g/mol. The second-order valence-electron chi connectivity index (χ2n) is 2.57. The largest absolute Gasteiger partial charge is 0.368 e. The summed E-state index contributed by atoms with van der Waals surface area (Å²) in [5.41, 5.74) is 10.8. The van der Waals surface area contributed by atoms with Crippen molar-refractivity contribution in [1.82, 2.24) is 15.0 Å². The van der Waals surface area contributed by atoms with Gasteiger partial charge in [0.25, 0.3) is 0 Å². The van der Waals surface area contributed by atoms with Crippen molar-refractivity contribution in [3.63, 3.8) is 0 Å². The number of nitrogens with two attached hydrogens (primary N) is 2. The molecular formula is C7H13N5. The minimum absolute atomic E-state index is 0.202. The Hall–Kier alpha value is -1.39. The first kappa shape index (κ1) is 8.70. The van der Waals surface area contributed by atoms with Gasteiger partial charge in [0.15, 0.2) is 0 Å². The monoisotopic (exact) mass is 167 g/mol. The van der Waals surface area contributed by atoms with Crippen LogP contribution in [-0.2, 0) is 6.42 Å². The fraction of sp³-hybridized carbons (Fsp3) is 0.571. The number of unbranched alkanes of at least 4 members (excludes halogenated alkanes) is 1. The van der Waals surface area contributed by atoms with Crippen molar-refractivity contribution in [2.75, 3.05) is 11.5 Å². The normalized spacial score (nSPS) is 10.1. The van der Waals surface area contributed by atoms with Crippen molar-refractivity contribution < 1.29 is 0 Å². The van der Waals surface area contributed by atoms with Crippen LogP contribution in [0.1, 0.15) is 25.6 Å². The summed E-state index contributed by atoms with van der Waals surface area (Å²) in [4.78, 5) is 11.6. The van der Waals surface area contributed by atoms with E-state index in [0.717, 1.165) is 19.3 Å². The smallest absolute Gasteiger partial charge is 0.225 e. The van der Waals surface area contributed by atoms with E-state index in [4.69, 9.17) is 11.5 Å². The molecule has 0 fully saturated rings. The predicted octanol–water partition coefficient (Wildman–Crippen LogP) is 0.379. The summed E-state index contributed by atoms with van der Waals surface area (Å²) in [6, 6.07) is 0. The van der Waals surface area contributed by atoms with Crippen molar-refractivity contribution in [2.24, 2.45) is 0 Å². The summed E-state index contributed by atoms with van der Waals surface area (Å²) in [5, 5.41) is 0. The topological polar surface area (TPSA) is 90.7 Å². The highest BCUT2D eigenvalue weighted by Gasteiger charge is 1.99. The van der Waals surface area contributed by atoms with Crippen LogP contribution in [0.2, 0.25) is 0 Å². The van der Waals surface area contributed by atoms with Crippen LogP contribution in [0.15, 0.2) is 0 Å². The molecule has 0 saturated heterocycles. The van der Waals surface area contributed by atoms with Gasteiger partial charge in [0, 0.05) is 6.42 Å². The second kappa shape index (κ2) is 3.85. The van der Waals surface area contributed by atoms with E-state index < -0.39 is 0 Å². The molecule has 5 nitrogen and oxygen atoms in total. The lowest BCUT2D eigenvalue weighted by Gasteiger charge is -1.99. The van der Waals surface area contributed by atoms with Gasteiger partial charge in [0.2, 0.25) is 11.9 Å². The Balaban J connectivity index is 2.72. The molecule has 0 unspecified atom stereocenters. The molecule has 1 aromatic rings. The Kier molecular flexibility index (Phi) is 2.79. The highest BCUT2D eigenvalue weighted by Crippen LogP contribution is 2.02. The molecule has 12 heavy (non-hydrogen) atoms. The molecule has 1 heterocycles. The molecule has 5 heteroatoms. The van der Waals surface area contributed by atoms with Crippen molar-refractivity contribution in [3.05, 3.63) is 5.82 Å². The van der Waals surface area contributed by atoms with Crippen molar-refractivity contribution in [3.8, 4) is 0 Å². The van der Waals surface area contributed by atoms with Crippen LogP contribution in [0.4, 0.5) is 11.9 Å². The van der Waals surface area contributed by atoms with Crippen LogP contribution in [0.3, 0.4) is 0 Å². The van der Waals surface area contributed by atoms with Gasteiger partial charge in [-0.05, 0) is 6.42 Å². The highest BCUT2D eigenvalue weighted by molar-refractivity contribution is 5.25. The minimum atomic E-state index is 0.202. The van der Waals surface area contributed by atoms with Gasteiger partial charge in [0.05, 0.1) is 0 Å². The van der Waals surface area contributed by atoms with Crippen LogP contribution in [0, 0.1) is 0 Å². The number of anilines is 2. The number of rotatable bonds is 3. The molecule has 0 radical (unpaired) electrons. The maximum Gasteiger partial charge on any atom is 0.225 e. The molecule has 1 rings (SSSR count). The lowest BCUT2D eigenvalue weighted by Crippen LogP contribution is -2.06. The van der Waals surface area contributed by atoms with Gasteiger partial charge in [0.1, 0.15) is 5.82 Å². The van der Waals surface area contributed by atoms with Gasteiger partial charge in [-0.3, -0.25) is 0 Å². The fourth-order valence-electron chi connectivity index (χ4n) is 0.904. The van der Waals surface area contributed by atoms with E-state index in [1.165, 1.54) is 0 Å². The molecule has 0 atom stereocenters. The van der Waals surface area contributed by atoms with Gasteiger partial charge in [-0.2, -0.15) is 15.0 Å². The summed E-state index contributed by atoms with van der Waals surface area (Å²) in [6.45, 7) is 2.11. The van der Waals surface area contributed by atoms with E-state index in [-0.39, 0.29) is 11.9 Å². The van der Waals surface area contributed by atoms with Gasteiger partial charge in [-0.1, -0.05) is 13.3 Å².